The average molecular weight is 424 g/mol. The minimum atomic E-state index is -0.269. The first-order chi connectivity index (χ1) is 15.7. The third-order valence-corrected chi connectivity index (χ3v) is 7.37. The summed E-state index contributed by atoms with van der Waals surface area (Å²) in [5.41, 5.74) is 6.87. The van der Waals surface area contributed by atoms with Gasteiger partial charge in [-0.3, -0.25) is 4.90 Å². The van der Waals surface area contributed by atoms with E-state index in [0.29, 0.717) is 6.61 Å². The number of imidazole rings is 1. The number of fused-ring (bicyclic) bond motifs is 6. The molecular weight excluding hydrogens is 398 g/mol. The van der Waals surface area contributed by atoms with Gasteiger partial charge in [0.1, 0.15) is 11.6 Å². The van der Waals surface area contributed by atoms with Gasteiger partial charge in [0.15, 0.2) is 5.60 Å². The molecule has 0 radical (unpaired) electrons. The highest BCUT2D eigenvalue weighted by Gasteiger charge is 2.62. The molecule has 5 heteroatoms. The van der Waals surface area contributed by atoms with E-state index in [4.69, 9.17) is 14.5 Å². The van der Waals surface area contributed by atoms with E-state index in [1.807, 2.05) is 12.1 Å². The van der Waals surface area contributed by atoms with Crippen LogP contribution in [-0.2, 0) is 16.9 Å². The first-order valence-corrected chi connectivity index (χ1v) is 11.4. The van der Waals surface area contributed by atoms with Crippen molar-refractivity contribution in [1.82, 2.24) is 14.9 Å². The Bertz CT molecular complexity index is 1290. The lowest BCUT2D eigenvalue weighted by Crippen LogP contribution is -2.38. The highest BCUT2D eigenvalue weighted by Crippen LogP contribution is 2.64. The fourth-order valence-corrected chi connectivity index (χ4v) is 5.54. The van der Waals surface area contributed by atoms with E-state index in [1.165, 1.54) is 16.7 Å². The number of likely N-dealkylation sites (tertiary alicyclic amines) is 1. The van der Waals surface area contributed by atoms with Crippen molar-refractivity contribution >= 4 is 11.0 Å². The van der Waals surface area contributed by atoms with Gasteiger partial charge in [-0.25, -0.2) is 4.98 Å². The summed E-state index contributed by atoms with van der Waals surface area (Å²) in [6, 6.07) is 23.4. The third kappa shape index (κ3) is 2.55. The predicted molar refractivity (Wildman–Crippen MR) is 123 cm³/mol. The van der Waals surface area contributed by atoms with Gasteiger partial charge < -0.3 is 14.5 Å². The fourth-order valence-electron chi connectivity index (χ4n) is 5.54. The summed E-state index contributed by atoms with van der Waals surface area (Å²) >= 11 is 0. The van der Waals surface area contributed by atoms with E-state index < -0.39 is 0 Å². The number of aromatic nitrogens is 2. The van der Waals surface area contributed by atoms with Crippen LogP contribution in [0.1, 0.15) is 47.0 Å². The maximum absolute atomic E-state index is 6.43. The lowest BCUT2D eigenvalue weighted by atomic mass is 9.93. The average Bonchev–Trinajstić information content (AvgIpc) is 3.31. The van der Waals surface area contributed by atoms with Gasteiger partial charge in [-0.2, -0.15) is 0 Å². The van der Waals surface area contributed by atoms with E-state index in [2.05, 4.69) is 71.5 Å². The Labute approximate surface area is 187 Å². The van der Waals surface area contributed by atoms with E-state index in [1.54, 1.807) is 0 Å². The quantitative estimate of drug-likeness (QED) is 0.507. The molecule has 1 spiro atoms. The van der Waals surface area contributed by atoms with Crippen molar-refractivity contribution in [3.05, 3.63) is 94.8 Å². The molecule has 0 saturated carbocycles. The van der Waals surface area contributed by atoms with Gasteiger partial charge in [-0.15, -0.1) is 0 Å². The Kier molecular flexibility index (Phi) is 3.84. The van der Waals surface area contributed by atoms with E-state index in [0.717, 1.165) is 47.6 Å². The maximum atomic E-state index is 6.43. The number of rotatable bonds is 4. The molecule has 3 heterocycles. The molecule has 1 N–H and O–H groups in total. The molecule has 0 amide bonds. The van der Waals surface area contributed by atoms with Crippen LogP contribution in [0.2, 0.25) is 0 Å². The van der Waals surface area contributed by atoms with Crippen molar-refractivity contribution in [2.24, 2.45) is 0 Å². The number of piperidine rings is 1. The number of nitrogens with zero attached hydrogens (tertiary/aromatic N) is 2. The van der Waals surface area contributed by atoms with Crippen molar-refractivity contribution in [3.8, 4) is 5.75 Å². The minimum Gasteiger partial charge on any atom is -0.472 e. The third-order valence-electron chi connectivity index (χ3n) is 7.37. The molecule has 1 aliphatic carbocycles. The molecule has 4 aromatic rings. The zero-order chi connectivity index (χ0) is 21.3. The molecule has 3 aliphatic rings. The normalized spacial score (nSPS) is 22.8. The summed E-state index contributed by atoms with van der Waals surface area (Å²) in [5, 5.41) is 0. The summed E-state index contributed by atoms with van der Waals surface area (Å²) in [4.78, 5) is 10.7. The monoisotopic (exact) mass is 423 g/mol. The molecule has 1 saturated heterocycles. The van der Waals surface area contributed by atoms with Crippen LogP contribution < -0.4 is 4.74 Å². The Morgan fingerprint density at radius 1 is 1.03 bits per heavy atom. The van der Waals surface area contributed by atoms with Crippen molar-refractivity contribution in [3.63, 3.8) is 0 Å². The van der Waals surface area contributed by atoms with Gasteiger partial charge in [0.05, 0.1) is 29.8 Å². The van der Waals surface area contributed by atoms with Crippen LogP contribution in [0.15, 0.2) is 66.7 Å². The Hall–Kier alpha value is -3.15. The maximum Gasteiger partial charge on any atom is 0.189 e. The summed E-state index contributed by atoms with van der Waals surface area (Å²) in [6.45, 7) is 1.57. The molecule has 2 atom stereocenters. The standard InChI is InChI=1S/C27H25N3O2/c1-30-14-13-18(15-24(30)26-28-22-11-4-5-12-23(22)29-26)31-16-17-7-6-10-21-25(17)32-27(21)19-8-2-3-9-20(19)27/h2-12,18,24H,13-16H2,1H3,(H,28,29). The van der Waals surface area contributed by atoms with Crippen LogP contribution in [0.5, 0.6) is 5.75 Å². The number of aromatic amines is 1. The number of para-hydroxylation sites is 3. The SMILES string of the molecule is CN1CCC(OCc2cccc3c2OC32c3ccccc32)CC1c1nc2ccccc2[nH]1. The first kappa shape index (κ1) is 18.4. The number of hydrogen-bond acceptors (Lipinski definition) is 4. The summed E-state index contributed by atoms with van der Waals surface area (Å²) in [6.07, 6.45) is 2.16. The highest BCUT2D eigenvalue weighted by molar-refractivity contribution is 5.75. The predicted octanol–water partition coefficient (Wildman–Crippen LogP) is 4.91. The molecule has 5 nitrogen and oxygen atoms in total. The van der Waals surface area contributed by atoms with Crippen molar-refractivity contribution < 1.29 is 9.47 Å². The molecule has 3 aromatic carbocycles. The molecule has 1 fully saturated rings. The van der Waals surface area contributed by atoms with Crippen molar-refractivity contribution in [2.45, 2.75) is 37.2 Å². The van der Waals surface area contributed by atoms with Gasteiger partial charge >= 0.3 is 0 Å². The summed E-state index contributed by atoms with van der Waals surface area (Å²) in [5.74, 6) is 2.04. The number of ether oxygens (including phenoxy) is 2. The zero-order valence-electron chi connectivity index (χ0n) is 18.0. The van der Waals surface area contributed by atoms with Gasteiger partial charge in [0, 0.05) is 28.8 Å². The van der Waals surface area contributed by atoms with Gasteiger partial charge in [-0.05, 0) is 32.0 Å². The molecule has 0 bridgehead atoms. The van der Waals surface area contributed by atoms with Crippen LogP contribution in [0.25, 0.3) is 11.0 Å². The number of benzene rings is 3. The second-order valence-corrected chi connectivity index (χ2v) is 9.22. The van der Waals surface area contributed by atoms with Crippen LogP contribution in [0.3, 0.4) is 0 Å². The number of nitrogens with one attached hydrogen (secondary N) is 1. The van der Waals surface area contributed by atoms with Gasteiger partial charge in [-0.1, -0.05) is 54.6 Å². The lowest BCUT2D eigenvalue weighted by Gasteiger charge is -2.37. The molecule has 2 aliphatic heterocycles. The second kappa shape index (κ2) is 6.67. The second-order valence-electron chi connectivity index (χ2n) is 9.22. The largest absolute Gasteiger partial charge is 0.472 e. The zero-order valence-corrected chi connectivity index (χ0v) is 18.0. The van der Waals surface area contributed by atoms with Crippen molar-refractivity contribution in [2.75, 3.05) is 13.6 Å². The van der Waals surface area contributed by atoms with Crippen molar-refractivity contribution in [1.29, 1.82) is 0 Å². The number of H-pyrrole nitrogens is 1. The van der Waals surface area contributed by atoms with Crippen LogP contribution in [0.4, 0.5) is 0 Å². The van der Waals surface area contributed by atoms with Crippen LogP contribution in [0, 0.1) is 0 Å². The Morgan fingerprint density at radius 3 is 2.66 bits per heavy atom. The summed E-state index contributed by atoms with van der Waals surface area (Å²) in [7, 11) is 2.18. The summed E-state index contributed by atoms with van der Waals surface area (Å²) < 4.78 is 12.8. The smallest absolute Gasteiger partial charge is 0.189 e. The molecule has 2 unspecified atom stereocenters. The van der Waals surface area contributed by atoms with Gasteiger partial charge in [0.25, 0.3) is 0 Å². The lowest BCUT2D eigenvalue weighted by molar-refractivity contribution is -0.0215. The first-order valence-electron chi connectivity index (χ1n) is 11.4. The molecule has 160 valence electrons. The van der Waals surface area contributed by atoms with Crippen LogP contribution in [-0.4, -0.2) is 34.6 Å². The molecular formula is C27H25N3O2. The minimum absolute atomic E-state index is 0.201. The topological polar surface area (TPSA) is 50.4 Å². The fraction of sp³-hybridized carbons (Fsp3) is 0.296. The molecule has 32 heavy (non-hydrogen) atoms. The highest BCUT2D eigenvalue weighted by atomic mass is 16.5. The Balaban J connectivity index is 1.07. The number of hydrogen-bond donors (Lipinski definition) is 1. The van der Waals surface area contributed by atoms with E-state index in [-0.39, 0.29) is 17.7 Å². The molecule has 1 aromatic heterocycles. The molecule has 7 rings (SSSR count). The van der Waals surface area contributed by atoms with E-state index >= 15 is 0 Å². The van der Waals surface area contributed by atoms with E-state index in [9.17, 15) is 0 Å². The van der Waals surface area contributed by atoms with Crippen LogP contribution >= 0.6 is 0 Å². The van der Waals surface area contributed by atoms with Gasteiger partial charge in [0.2, 0.25) is 0 Å². The Morgan fingerprint density at radius 2 is 1.81 bits per heavy atom.